The second-order valence-corrected chi connectivity index (χ2v) is 20.2. The molecule has 0 spiro atoms. The van der Waals surface area contributed by atoms with Crippen LogP contribution in [0.4, 0.5) is 19.7 Å². The third kappa shape index (κ3) is 10.8. The van der Waals surface area contributed by atoms with Crippen LogP contribution in [-0.4, -0.2) is 102 Å². The van der Waals surface area contributed by atoms with E-state index < -0.39 is 95.0 Å². The molecule has 5 amide bonds. The number of hydrogen-bond donors (Lipinski definition) is 6. The molecule has 7 N–H and O–H groups in total. The van der Waals surface area contributed by atoms with Gasteiger partial charge in [-0.3, -0.25) is 19.2 Å². The number of halogens is 1. The second-order valence-electron chi connectivity index (χ2n) is 20.2. The number of amides is 5. The summed E-state index contributed by atoms with van der Waals surface area (Å²) < 4.78 is 40.3. The number of alkyl halides is 1. The summed E-state index contributed by atoms with van der Waals surface area (Å²) in [5.74, 6) is -3.84. The lowest BCUT2D eigenvalue weighted by Crippen LogP contribution is -2.64. The SMILES string of the molecule is CCCC1O[C@@H]2CC3[C@@H]4C[C@H](F)C5=CC(=O)C=C[C@]5(C)C4[C@@H](O)C[C@]3(C)[C@]2(C(=O)COC(=O)C(C)(C)NC(=O)[C@H](CC(C)C)NC(=O)OCc2ccc(NC(=O)CCCCNC(N)=O)cc2)O1. The highest BCUT2D eigenvalue weighted by Crippen LogP contribution is 2.70. The van der Waals surface area contributed by atoms with E-state index in [-0.39, 0.29) is 61.7 Å². The van der Waals surface area contributed by atoms with E-state index in [1.807, 2.05) is 34.6 Å². The molecule has 1 heterocycles. The number of fused-ring (bicyclic) bond motifs is 7. The van der Waals surface area contributed by atoms with E-state index in [9.17, 15) is 38.7 Å². The quantitative estimate of drug-likeness (QED) is 0.0771. The zero-order valence-electron chi connectivity index (χ0n) is 39.6. The average Bonchev–Trinajstić information content (AvgIpc) is 3.73. The Balaban J connectivity index is 1.06. The first-order valence-corrected chi connectivity index (χ1v) is 23.5. The van der Waals surface area contributed by atoms with Crippen LogP contribution in [0.25, 0.3) is 0 Å². The largest absolute Gasteiger partial charge is 0.456 e. The smallest absolute Gasteiger partial charge is 0.408 e. The first-order valence-electron chi connectivity index (χ1n) is 23.5. The highest BCUT2D eigenvalue weighted by Gasteiger charge is 2.76. The van der Waals surface area contributed by atoms with Crippen molar-refractivity contribution in [1.82, 2.24) is 16.0 Å². The molecule has 11 atom stereocenters. The molecule has 67 heavy (non-hydrogen) atoms. The molecule has 368 valence electrons. The number of rotatable bonds is 19. The summed E-state index contributed by atoms with van der Waals surface area (Å²) in [5, 5.41) is 22.5. The van der Waals surface area contributed by atoms with Gasteiger partial charge in [0.2, 0.25) is 17.6 Å². The van der Waals surface area contributed by atoms with Gasteiger partial charge in [0.15, 0.2) is 24.3 Å². The lowest BCUT2D eigenvalue weighted by Gasteiger charge is -2.60. The molecule has 6 rings (SSSR count). The number of ether oxygens (including phenoxy) is 4. The van der Waals surface area contributed by atoms with Gasteiger partial charge in [-0.25, -0.2) is 18.8 Å². The molecule has 1 saturated heterocycles. The Hall–Kier alpha value is -5.20. The molecule has 1 aromatic carbocycles. The Morgan fingerprint density at radius 3 is 2.43 bits per heavy atom. The van der Waals surface area contributed by atoms with E-state index >= 15 is 4.39 Å². The molecule has 1 aromatic rings. The Labute approximate surface area is 391 Å². The van der Waals surface area contributed by atoms with Crippen LogP contribution in [0, 0.1) is 34.5 Å². The molecule has 4 fully saturated rings. The molecule has 0 aromatic heterocycles. The summed E-state index contributed by atoms with van der Waals surface area (Å²) in [6.45, 7) is 11.8. The van der Waals surface area contributed by atoms with Gasteiger partial charge in [0.05, 0.1) is 12.2 Å². The van der Waals surface area contributed by atoms with Crippen LogP contribution in [0.3, 0.4) is 0 Å². The third-order valence-electron chi connectivity index (χ3n) is 14.5. The number of carbonyl (C=O) groups excluding carboxylic acids is 7. The molecule has 0 radical (unpaired) electrons. The van der Waals surface area contributed by atoms with Crippen molar-refractivity contribution in [2.24, 2.45) is 40.2 Å². The summed E-state index contributed by atoms with van der Waals surface area (Å²) in [4.78, 5) is 90.6. The highest BCUT2D eigenvalue weighted by molar-refractivity contribution is 6.01. The molecule has 3 saturated carbocycles. The maximum absolute atomic E-state index is 16.1. The minimum Gasteiger partial charge on any atom is -0.456 e. The van der Waals surface area contributed by atoms with Gasteiger partial charge in [0, 0.05) is 35.4 Å². The minimum atomic E-state index is -1.67. The Bertz CT molecular complexity index is 2130. The van der Waals surface area contributed by atoms with Crippen LogP contribution in [0.5, 0.6) is 0 Å². The van der Waals surface area contributed by atoms with Gasteiger partial charge in [-0.15, -0.1) is 0 Å². The molecule has 0 bridgehead atoms. The van der Waals surface area contributed by atoms with Gasteiger partial charge in [0.1, 0.15) is 24.4 Å². The van der Waals surface area contributed by atoms with Gasteiger partial charge in [-0.05, 0) is 112 Å². The standard InChI is InChI=1S/C49H68FN5O12/c1-8-11-40-66-38-23-32-31-22-34(50)33-21-30(56)17-18-47(33,6)41(31)36(57)24-48(32,7)49(38,67-40)37(58)26-64-43(61)46(4,5)55-42(60)35(20-27(2)3)54-45(63)65-25-28-13-15-29(16-14-28)53-39(59)12-9-10-19-52-44(51)62/h13-18,21,27,31-32,34-36,38,40-41,57H,8-12,19-20,22-26H2,1-7H3,(H,53,59)(H,54,63)(H,55,60)(H3,51,52,62)/t31-,32?,34-,35-,36-,38+,40?,41?,47-,48-,49+/m0/s1. The molecule has 17 nitrogen and oxygen atoms in total. The number of ketones is 2. The van der Waals surface area contributed by atoms with Crippen molar-refractivity contribution in [2.75, 3.05) is 18.5 Å². The molecule has 3 unspecified atom stereocenters. The third-order valence-corrected chi connectivity index (χ3v) is 14.5. The summed E-state index contributed by atoms with van der Waals surface area (Å²) in [7, 11) is 0. The van der Waals surface area contributed by atoms with Crippen LogP contribution >= 0.6 is 0 Å². The summed E-state index contributed by atoms with van der Waals surface area (Å²) in [6, 6.07) is 4.95. The lowest BCUT2D eigenvalue weighted by atomic mass is 9.46. The first kappa shape index (κ1) is 51.2. The van der Waals surface area contributed by atoms with Crippen LogP contribution in [0.1, 0.15) is 112 Å². The maximum atomic E-state index is 16.1. The number of anilines is 1. The fourth-order valence-electron chi connectivity index (χ4n) is 11.4. The summed E-state index contributed by atoms with van der Waals surface area (Å²) in [5.41, 5.74) is 1.32. The van der Waals surface area contributed by atoms with E-state index in [0.29, 0.717) is 55.5 Å². The lowest BCUT2D eigenvalue weighted by molar-refractivity contribution is -0.203. The van der Waals surface area contributed by atoms with Gasteiger partial charge in [0.25, 0.3) is 0 Å². The predicted molar refractivity (Wildman–Crippen MR) is 242 cm³/mol. The number of carbonyl (C=O) groups is 7. The average molecular weight is 938 g/mol. The number of primary amides is 1. The Morgan fingerprint density at radius 1 is 1.04 bits per heavy atom. The van der Waals surface area contributed by atoms with E-state index in [1.54, 1.807) is 30.3 Å². The van der Waals surface area contributed by atoms with Gasteiger partial charge in [-0.2, -0.15) is 0 Å². The predicted octanol–water partition coefficient (Wildman–Crippen LogP) is 5.23. The number of urea groups is 1. The molecule has 18 heteroatoms. The van der Waals surface area contributed by atoms with Crippen molar-refractivity contribution >= 4 is 47.2 Å². The van der Waals surface area contributed by atoms with Crippen molar-refractivity contribution < 1.29 is 62.0 Å². The molecule has 4 aliphatic carbocycles. The Morgan fingerprint density at radius 2 is 1.76 bits per heavy atom. The fraction of sp³-hybridized carbons (Fsp3) is 0.653. The first-order chi connectivity index (χ1) is 31.5. The van der Waals surface area contributed by atoms with Crippen molar-refractivity contribution in [3.8, 4) is 0 Å². The summed E-state index contributed by atoms with van der Waals surface area (Å²) in [6.07, 6.45) is 3.06. The summed E-state index contributed by atoms with van der Waals surface area (Å²) >= 11 is 0. The zero-order valence-corrected chi connectivity index (χ0v) is 39.6. The number of nitrogens with one attached hydrogen (secondary N) is 4. The van der Waals surface area contributed by atoms with E-state index in [4.69, 9.17) is 24.7 Å². The molecular formula is C49H68FN5O12. The van der Waals surface area contributed by atoms with Crippen molar-refractivity contribution in [2.45, 2.75) is 155 Å². The number of Topliss-reactive ketones (excluding diaryl/α,β-unsaturated/α-hetero) is 1. The van der Waals surface area contributed by atoms with Crippen LogP contribution < -0.4 is 27.0 Å². The number of nitrogens with two attached hydrogens (primary N) is 1. The number of alkyl carbamates (subject to hydrolysis) is 1. The number of benzene rings is 1. The second kappa shape index (κ2) is 20.6. The maximum Gasteiger partial charge on any atom is 0.408 e. The van der Waals surface area contributed by atoms with E-state index in [1.165, 1.54) is 26.0 Å². The highest BCUT2D eigenvalue weighted by atomic mass is 19.1. The van der Waals surface area contributed by atoms with Crippen molar-refractivity contribution in [3.05, 3.63) is 53.6 Å². The van der Waals surface area contributed by atoms with E-state index in [2.05, 4.69) is 21.3 Å². The van der Waals surface area contributed by atoms with Crippen LogP contribution in [0.2, 0.25) is 0 Å². The zero-order chi connectivity index (χ0) is 49.1. The number of allylic oxidation sites excluding steroid dienone is 4. The Kier molecular flexibility index (Phi) is 15.7. The minimum absolute atomic E-state index is 0.0602. The number of unbranched alkanes of at least 4 members (excludes halogenated alkanes) is 1. The van der Waals surface area contributed by atoms with Crippen molar-refractivity contribution in [3.63, 3.8) is 0 Å². The molecule has 1 aliphatic heterocycles. The number of aliphatic hydroxyl groups excluding tert-OH is 1. The molecular weight excluding hydrogens is 870 g/mol. The van der Waals surface area contributed by atoms with Crippen molar-refractivity contribution in [1.29, 1.82) is 0 Å². The number of hydrogen-bond acceptors (Lipinski definition) is 12. The van der Waals surface area contributed by atoms with Gasteiger partial charge in [-0.1, -0.05) is 59.2 Å². The van der Waals surface area contributed by atoms with Gasteiger partial charge < -0.3 is 51.1 Å². The topological polar surface area (TPSA) is 251 Å². The molecule has 5 aliphatic rings. The fourth-order valence-corrected chi connectivity index (χ4v) is 11.4. The number of aliphatic hydroxyl groups is 1. The number of esters is 1. The van der Waals surface area contributed by atoms with E-state index in [0.717, 1.165) is 0 Å². The normalized spacial score (nSPS) is 31.0. The van der Waals surface area contributed by atoms with Gasteiger partial charge >= 0.3 is 18.1 Å². The van der Waals surface area contributed by atoms with Crippen LogP contribution in [0.15, 0.2) is 48.1 Å². The van der Waals surface area contributed by atoms with Crippen LogP contribution in [-0.2, 0) is 49.5 Å². The monoisotopic (exact) mass is 937 g/mol.